The molecule has 0 aliphatic rings. The van der Waals surface area contributed by atoms with Gasteiger partial charge in [-0.25, -0.2) is 0 Å². The molecule has 0 saturated heterocycles. The van der Waals surface area contributed by atoms with E-state index in [1.807, 2.05) is 19.9 Å². The molecule has 0 fully saturated rings. The van der Waals surface area contributed by atoms with Gasteiger partial charge in [0.2, 0.25) is 0 Å². The van der Waals surface area contributed by atoms with Gasteiger partial charge in [-0.05, 0) is 19.4 Å². The van der Waals surface area contributed by atoms with Crippen LogP contribution >= 0.6 is 0 Å². The van der Waals surface area contributed by atoms with E-state index in [1.54, 1.807) is 6.92 Å². The van der Waals surface area contributed by atoms with Gasteiger partial charge >= 0.3 is 0 Å². The van der Waals surface area contributed by atoms with Gasteiger partial charge in [0.15, 0.2) is 5.90 Å². The van der Waals surface area contributed by atoms with Gasteiger partial charge in [-0.15, -0.1) is 0 Å². The van der Waals surface area contributed by atoms with Crippen molar-refractivity contribution in [3.05, 3.63) is 11.8 Å². The Labute approximate surface area is 56.0 Å². The predicted octanol–water partition coefficient (Wildman–Crippen LogP) is 2.31. The lowest BCUT2D eigenvalue weighted by Crippen LogP contribution is -1.93. The number of hydrogen-bond donors (Lipinski definition) is 1. The van der Waals surface area contributed by atoms with Gasteiger partial charge in [0.05, 0.1) is 5.76 Å². The van der Waals surface area contributed by atoms with Crippen molar-refractivity contribution in [2.75, 3.05) is 0 Å². The first-order chi connectivity index (χ1) is 4.16. The second-order valence-corrected chi connectivity index (χ2v) is 1.88. The van der Waals surface area contributed by atoms with Gasteiger partial charge in [0.25, 0.3) is 0 Å². The summed E-state index contributed by atoms with van der Waals surface area (Å²) in [6, 6.07) is 0. The SMILES string of the molecule is CC/C=C(\C)OC(C)=N. The van der Waals surface area contributed by atoms with Crippen LogP contribution in [0.2, 0.25) is 0 Å². The molecule has 1 N–H and O–H groups in total. The molecule has 0 bridgehead atoms. The second-order valence-electron chi connectivity index (χ2n) is 1.88. The van der Waals surface area contributed by atoms with E-state index in [2.05, 4.69) is 0 Å². The van der Waals surface area contributed by atoms with Crippen molar-refractivity contribution < 1.29 is 4.74 Å². The smallest absolute Gasteiger partial charge is 0.183 e. The minimum Gasteiger partial charge on any atom is -0.449 e. The Morgan fingerprint density at radius 3 is 2.44 bits per heavy atom. The summed E-state index contributed by atoms with van der Waals surface area (Å²) < 4.78 is 4.94. The zero-order chi connectivity index (χ0) is 7.28. The van der Waals surface area contributed by atoms with E-state index in [1.165, 1.54) is 0 Å². The Morgan fingerprint density at radius 2 is 2.11 bits per heavy atom. The quantitative estimate of drug-likeness (QED) is 0.344. The lowest BCUT2D eigenvalue weighted by molar-refractivity contribution is 0.408. The van der Waals surface area contributed by atoms with Crippen LogP contribution in [0, 0.1) is 5.41 Å². The first kappa shape index (κ1) is 8.21. The van der Waals surface area contributed by atoms with Crippen LogP contribution in [0.1, 0.15) is 27.2 Å². The van der Waals surface area contributed by atoms with Crippen molar-refractivity contribution >= 4 is 5.90 Å². The van der Waals surface area contributed by atoms with E-state index in [-0.39, 0.29) is 5.90 Å². The minimum absolute atomic E-state index is 0.247. The zero-order valence-corrected chi connectivity index (χ0v) is 6.19. The van der Waals surface area contributed by atoms with Crippen LogP contribution in [0.25, 0.3) is 0 Å². The number of hydrogen-bond acceptors (Lipinski definition) is 2. The van der Waals surface area contributed by atoms with E-state index in [4.69, 9.17) is 10.1 Å². The number of ether oxygens (including phenoxy) is 1. The van der Waals surface area contributed by atoms with E-state index in [0.717, 1.165) is 12.2 Å². The van der Waals surface area contributed by atoms with Gasteiger partial charge in [0, 0.05) is 6.92 Å². The summed E-state index contributed by atoms with van der Waals surface area (Å²) in [5.41, 5.74) is 0. The largest absolute Gasteiger partial charge is 0.449 e. The normalized spacial score (nSPS) is 11.2. The summed E-state index contributed by atoms with van der Waals surface area (Å²) in [6.07, 6.45) is 2.90. The standard InChI is InChI=1S/C7H13NO/c1-4-5-6(2)9-7(3)8/h5,8H,4H2,1-3H3/b6-5+,8-7?. The van der Waals surface area contributed by atoms with E-state index >= 15 is 0 Å². The molecule has 0 heterocycles. The molecule has 2 nitrogen and oxygen atoms in total. The summed E-state index contributed by atoms with van der Waals surface area (Å²) in [4.78, 5) is 0. The summed E-state index contributed by atoms with van der Waals surface area (Å²) in [7, 11) is 0. The van der Waals surface area contributed by atoms with Crippen molar-refractivity contribution in [3.63, 3.8) is 0 Å². The summed E-state index contributed by atoms with van der Waals surface area (Å²) >= 11 is 0. The molecule has 0 aliphatic heterocycles. The van der Waals surface area contributed by atoms with Crippen LogP contribution in [0.5, 0.6) is 0 Å². The third-order valence-corrected chi connectivity index (χ3v) is 0.806. The molecule has 9 heavy (non-hydrogen) atoms. The summed E-state index contributed by atoms with van der Waals surface area (Å²) in [5.74, 6) is 1.06. The molecule has 0 radical (unpaired) electrons. The molecule has 0 atom stereocenters. The molecule has 0 unspecified atom stereocenters. The van der Waals surface area contributed by atoms with E-state index in [0.29, 0.717) is 0 Å². The summed E-state index contributed by atoms with van der Waals surface area (Å²) in [6.45, 7) is 5.50. The van der Waals surface area contributed by atoms with Gasteiger partial charge in [-0.1, -0.05) is 6.92 Å². The molecular weight excluding hydrogens is 114 g/mol. The molecule has 0 spiro atoms. The Balaban J connectivity index is 3.62. The average molecular weight is 127 g/mol. The molecule has 2 heteroatoms. The van der Waals surface area contributed by atoms with Crippen LogP contribution in [0.3, 0.4) is 0 Å². The van der Waals surface area contributed by atoms with Gasteiger partial charge in [-0.2, -0.15) is 0 Å². The van der Waals surface area contributed by atoms with Crippen LogP contribution in [0.4, 0.5) is 0 Å². The number of allylic oxidation sites excluding steroid dienone is 2. The molecule has 52 valence electrons. The fraction of sp³-hybridized carbons (Fsp3) is 0.571. The molecule has 0 aromatic rings. The molecule has 0 aromatic heterocycles. The van der Waals surface area contributed by atoms with Gasteiger partial charge < -0.3 is 4.74 Å². The molecule has 0 saturated carbocycles. The van der Waals surface area contributed by atoms with Crippen molar-refractivity contribution in [2.24, 2.45) is 0 Å². The zero-order valence-electron chi connectivity index (χ0n) is 6.19. The molecule has 0 aromatic carbocycles. The van der Waals surface area contributed by atoms with Crippen LogP contribution in [-0.2, 0) is 4.74 Å². The maximum absolute atomic E-state index is 6.94. The van der Waals surface area contributed by atoms with Crippen molar-refractivity contribution in [1.29, 1.82) is 5.41 Å². The summed E-state index contributed by atoms with van der Waals surface area (Å²) in [5, 5.41) is 6.94. The predicted molar refractivity (Wildman–Crippen MR) is 38.5 cm³/mol. The maximum atomic E-state index is 6.94. The molecule has 0 amide bonds. The van der Waals surface area contributed by atoms with Gasteiger partial charge in [0.1, 0.15) is 0 Å². The highest BCUT2D eigenvalue weighted by molar-refractivity contribution is 5.70. The van der Waals surface area contributed by atoms with Crippen LogP contribution in [0.15, 0.2) is 11.8 Å². The Morgan fingerprint density at radius 1 is 1.56 bits per heavy atom. The highest BCUT2D eigenvalue weighted by Gasteiger charge is 1.87. The van der Waals surface area contributed by atoms with Crippen molar-refractivity contribution in [3.8, 4) is 0 Å². The van der Waals surface area contributed by atoms with Crippen LogP contribution < -0.4 is 0 Å². The molecule has 0 aliphatic carbocycles. The van der Waals surface area contributed by atoms with Crippen molar-refractivity contribution in [2.45, 2.75) is 27.2 Å². The topological polar surface area (TPSA) is 33.1 Å². The number of rotatable bonds is 2. The lowest BCUT2D eigenvalue weighted by atomic mass is 10.4. The second kappa shape index (κ2) is 4.13. The van der Waals surface area contributed by atoms with Gasteiger partial charge in [-0.3, -0.25) is 5.41 Å². The Hall–Kier alpha value is -0.790. The first-order valence-electron chi connectivity index (χ1n) is 3.06. The maximum Gasteiger partial charge on any atom is 0.183 e. The molecular formula is C7H13NO. The lowest BCUT2D eigenvalue weighted by Gasteiger charge is -2.00. The number of nitrogens with one attached hydrogen (secondary N) is 1. The third kappa shape index (κ3) is 5.07. The van der Waals surface area contributed by atoms with Crippen molar-refractivity contribution in [1.82, 2.24) is 0 Å². The third-order valence-electron chi connectivity index (χ3n) is 0.806. The Kier molecular flexibility index (Phi) is 3.76. The fourth-order valence-electron chi connectivity index (χ4n) is 0.571. The fourth-order valence-corrected chi connectivity index (χ4v) is 0.571. The monoisotopic (exact) mass is 127 g/mol. The minimum atomic E-state index is 0.247. The highest BCUT2D eigenvalue weighted by Crippen LogP contribution is 1.96. The average Bonchev–Trinajstić information content (AvgIpc) is 1.63. The van der Waals surface area contributed by atoms with E-state index < -0.39 is 0 Å². The van der Waals surface area contributed by atoms with Crippen LogP contribution in [-0.4, -0.2) is 5.90 Å². The Bertz CT molecular complexity index is 127. The first-order valence-corrected chi connectivity index (χ1v) is 3.06. The molecule has 0 rings (SSSR count). The van der Waals surface area contributed by atoms with E-state index in [9.17, 15) is 0 Å². The highest BCUT2D eigenvalue weighted by atomic mass is 16.5.